The topological polar surface area (TPSA) is 38.3 Å². The van der Waals surface area contributed by atoms with E-state index in [1.165, 1.54) is 23.1 Å². The van der Waals surface area contributed by atoms with E-state index in [1.807, 2.05) is 24.3 Å². The molecule has 1 aliphatic carbocycles. The lowest BCUT2D eigenvalue weighted by atomic mass is 9.97. The van der Waals surface area contributed by atoms with Crippen molar-refractivity contribution < 1.29 is 9.53 Å². The quantitative estimate of drug-likeness (QED) is 0.836. The molecule has 3 rings (SSSR count). The number of para-hydroxylation sites is 1. The molecule has 0 aliphatic heterocycles. The summed E-state index contributed by atoms with van der Waals surface area (Å²) < 4.78 is 5.68. The van der Waals surface area contributed by atoms with E-state index in [0.717, 1.165) is 30.7 Å². The molecule has 126 valence electrons. The number of rotatable bonds is 6. The average molecular weight is 323 g/mol. The van der Waals surface area contributed by atoms with Crippen molar-refractivity contribution in [1.82, 2.24) is 0 Å². The summed E-state index contributed by atoms with van der Waals surface area (Å²) >= 11 is 0. The number of nitrogens with one attached hydrogen (secondary N) is 1. The number of carbonyl (C=O) groups excluding carboxylic acids is 1. The molecule has 0 bridgehead atoms. The zero-order valence-electron chi connectivity index (χ0n) is 14.5. The Bertz CT molecular complexity index is 724. The Hall–Kier alpha value is -2.29. The van der Waals surface area contributed by atoms with Gasteiger partial charge in [0.2, 0.25) is 0 Å². The van der Waals surface area contributed by atoms with Crippen molar-refractivity contribution >= 4 is 11.6 Å². The van der Waals surface area contributed by atoms with Crippen molar-refractivity contribution in [2.45, 2.75) is 45.4 Å². The highest BCUT2D eigenvalue weighted by Gasteiger charge is 2.13. The molecule has 0 heterocycles. The SMILES string of the molecule is CC[C@H](C)c1ccccc1NC(=O)COc1ccc2c(c1)CCC2. The summed E-state index contributed by atoms with van der Waals surface area (Å²) in [5.74, 6) is 1.08. The molecule has 2 aromatic carbocycles. The van der Waals surface area contributed by atoms with Gasteiger partial charge in [0.15, 0.2) is 6.61 Å². The highest BCUT2D eigenvalue weighted by Crippen LogP contribution is 2.27. The van der Waals surface area contributed by atoms with Gasteiger partial charge in [0.25, 0.3) is 5.91 Å². The zero-order valence-corrected chi connectivity index (χ0v) is 14.5. The number of amides is 1. The number of fused-ring (bicyclic) bond motifs is 1. The fourth-order valence-electron chi connectivity index (χ4n) is 3.23. The van der Waals surface area contributed by atoms with Gasteiger partial charge < -0.3 is 10.1 Å². The highest BCUT2D eigenvalue weighted by atomic mass is 16.5. The van der Waals surface area contributed by atoms with E-state index in [0.29, 0.717) is 5.92 Å². The average Bonchev–Trinajstić information content (AvgIpc) is 3.07. The Kier molecular flexibility index (Phi) is 5.19. The van der Waals surface area contributed by atoms with Crippen molar-refractivity contribution in [3.8, 4) is 5.75 Å². The summed E-state index contributed by atoms with van der Waals surface area (Å²) in [6, 6.07) is 14.1. The lowest BCUT2D eigenvalue weighted by Crippen LogP contribution is -2.21. The van der Waals surface area contributed by atoms with Crippen LogP contribution in [0.2, 0.25) is 0 Å². The second kappa shape index (κ2) is 7.52. The molecule has 1 aliphatic rings. The fraction of sp³-hybridized carbons (Fsp3) is 0.381. The molecule has 0 saturated heterocycles. The fourth-order valence-corrected chi connectivity index (χ4v) is 3.23. The van der Waals surface area contributed by atoms with E-state index < -0.39 is 0 Å². The minimum Gasteiger partial charge on any atom is -0.484 e. The Morgan fingerprint density at radius 1 is 1.17 bits per heavy atom. The zero-order chi connectivity index (χ0) is 16.9. The Labute approximate surface area is 144 Å². The first-order chi connectivity index (χ1) is 11.7. The molecule has 2 aromatic rings. The number of ether oxygens (including phenoxy) is 1. The van der Waals surface area contributed by atoms with Gasteiger partial charge in [0.1, 0.15) is 5.75 Å². The summed E-state index contributed by atoms with van der Waals surface area (Å²) in [6.45, 7) is 4.36. The van der Waals surface area contributed by atoms with E-state index >= 15 is 0 Å². The van der Waals surface area contributed by atoms with E-state index in [4.69, 9.17) is 4.74 Å². The van der Waals surface area contributed by atoms with Gasteiger partial charge in [0, 0.05) is 5.69 Å². The minimum absolute atomic E-state index is 0.0353. The molecule has 3 heteroatoms. The third-order valence-electron chi connectivity index (χ3n) is 4.82. The van der Waals surface area contributed by atoms with Gasteiger partial charge in [-0.25, -0.2) is 0 Å². The van der Waals surface area contributed by atoms with Crippen molar-refractivity contribution in [1.29, 1.82) is 0 Å². The number of anilines is 1. The molecule has 0 fully saturated rings. The van der Waals surface area contributed by atoms with Gasteiger partial charge in [-0.3, -0.25) is 4.79 Å². The first-order valence-electron chi connectivity index (χ1n) is 8.80. The molecule has 3 nitrogen and oxygen atoms in total. The van der Waals surface area contributed by atoms with Crippen LogP contribution in [0, 0.1) is 0 Å². The molecule has 1 N–H and O–H groups in total. The van der Waals surface area contributed by atoms with Crippen molar-refractivity contribution in [3.63, 3.8) is 0 Å². The van der Waals surface area contributed by atoms with Gasteiger partial charge >= 0.3 is 0 Å². The summed E-state index contributed by atoms with van der Waals surface area (Å²) in [4.78, 5) is 12.2. The van der Waals surface area contributed by atoms with Gasteiger partial charge in [-0.15, -0.1) is 0 Å². The molecule has 1 amide bonds. The van der Waals surface area contributed by atoms with E-state index in [2.05, 4.69) is 37.4 Å². The van der Waals surface area contributed by atoms with Crippen molar-refractivity contribution in [2.75, 3.05) is 11.9 Å². The van der Waals surface area contributed by atoms with Crippen LogP contribution in [-0.2, 0) is 17.6 Å². The summed E-state index contributed by atoms with van der Waals surface area (Å²) in [6.07, 6.45) is 4.52. The molecule has 1 atom stereocenters. The maximum Gasteiger partial charge on any atom is 0.262 e. The monoisotopic (exact) mass is 323 g/mol. The molecular weight excluding hydrogens is 298 g/mol. The normalized spacial score (nSPS) is 14.1. The lowest BCUT2D eigenvalue weighted by molar-refractivity contribution is -0.118. The Morgan fingerprint density at radius 3 is 2.79 bits per heavy atom. The second-order valence-electron chi connectivity index (χ2n) is 6.52. The third-order valence-corrected chi connectivity index (χ3v) is 4.82. The summed E-state index contributed by atoms with van der Waals surface area (Å²) in [7, 11) is 0. The van der Waals surface area contributed by atoms with Crippen molar-refractivity contribution in [2.24, 2.45) is 0 Å². The van der Waals surface area contributed by atoms with Crippen LogP contribution in [0.4, 0.5) is 5.69 Å². The Balaban J connectivity index is 1.60. The van der Waals surface area contributed by atoms with Crippen LogP contribution in [0.3, 0.4) is 0 Å². The van der Waals surface area contributed by atoms with Crippen LogP contribution in [-0.4, -0.2) is 12.5 Å². The maximum atomic E-state index is 12.2. The molecule has 0 radical (unpaired) electrons. The maximum absolute atomic E-state index is 12.2. The first kappa shape index (κ1) is 16.6. The summed E-state index contributed by atoms with van der Waals surface area (Å²) in [5, 5.41) is 2.98. The number of hydrogen-bond donors (Lipinski definition) is 1. The van der Waals surface area contributed by atoms with Gasteiger partial charge in [-0.1, -0.05) is 38.1 Å². The van der Waals surface area contributed by atoms with Crippen LogP contribution in [0.15, 0.2) is 42.5 Å². The number of aryl methyl sites for hydroxylation is 2. The molecule has 24 heavy (non-hydrogen) atoms. The predicted octanol–water partition coefficient (Wildman–Crippen LogP) is 4.71. The predicted molar refractivity (Wildman–Crippen MR) is 97.7 cm³/mol. The third kappa shape index (κ3) is 3.78. The molecule has 0 unspecified atom stereocenters. The van der Waals surface area contributed by atoms with E-state index in [1.54, 1.807) is 0 Å². The largest absolute Gasteiger partial charge is 0.484 e. The minimum atomic E-state index is -0.119. The number of hydrogen-bond acceptors (Lipinski definition) is 2. The number of carbonyl (C=O) groups is 1. The highest BCUT2D eigenvalue weighted by molar-refractivity contribution is 5.92. The second-order valence-corrected chi connectivity index (χ2v) is 6.52. The first-order valence-corrected chi connectivity index (χ1v) is 8.80. The van der Waals surface area contributed by atoms with E-state index in [9.17, 15) is 4.79 Å². The smallest absolute Gasteiger partial charge is 0.262 e. The molecule has 0 spiro atoms. The van der Waals surface area contributed by atoms with Crippen molar-refractivity contribution in [3.05, 3.63) is 59.2 Å². The van der Waals surface area contributed by atoms with Crippen LogP contribution < -0.4 is 10.1 Å². The Morgan fingerprint density at radius 2 is 1.96 bits per heavy atom. The number of benzene rings is 2. The molecule has 0 saturated carbocycles. The van der Waals surface area contributed by atoms with Gasteiger partial charge in [-0.2, -0.15) is 0 Å². The van der Waals surface area contributed by atoms with Gasteiger partial charge in [-0.05, 0) is 66.5 Å². The van der Waals surface area contributed by atoms with Crippen LogP contribution in [0.1, 0.15) is 49.3 Å². The lowest BCUT2D eigenvalue weighted by Gasteiger charge is -2.16. The molecule has 0 aromatic heterocycles. The summed E-state index contributed by atoms with van der Waals surface area (Å²) in [5.41, 5.74) is 4.82. The standard InChI is InChI=1S/C21H25NO2/c1-3-15(2)19-9-4-5-10-20(19)22-21(23)14-24-18-12-11-16-7-6-8-17(16)13-18/h4-5,9-13,15H,3,6-8,14H2,1-2H3,(H,22,23)/t15-/m0/s1. The van der Waals surface area contributed by atoms with Gasteiger partial charge in [0.05, 0.1) is 0 Å². The van der Waals surface area contributed by atoms with Crippen LogP contribution in [0.25, 0.3) is 0 Å². The van der Waals surface area contributed by atoms with Crippen LogP contribution in [0.5, 0.6) is 5.75 Å². The molecular formula is C21H25NO2. The van der Waals surface area contributed by atoms with E-state index in [-0.39, 0.29) is 12.5 Å². The van der Waals surface area contributed by atoms with Crippen LogP contribution >= 0.6 is 0 Å².